The van der Waals surface area contributed by atoms with Crippen molar-refractivity contribution in [2.45, 2.75) is 25.3 Å². The number of aromatic carboxylic acids is 1. The monoisotopic (exact) mass is 279 g/mol. The Hall–Kier alpha value is -2.45. The third kappa shape index (κ3) is 2.10. The number of carboxylic acid groups (broad SMARTS) is 1. The molecule has 3 amide bonds. The van der Waals surface area contributed by atoms with Crippen LogP contribution in [0.3, 0.4) is 0 Å². The van der Waals surface area contributed by atoms with E-state index in [0.717, 1.165) is 17.7 Å². The Kier molecular flexibility index (Phi) is 2.88. The van der Waals surface area contributed by atoms with Gasteiger partial charge in [0.15, 0.2) is 5.69 Å². The predicted molar refractivity (Wildman–Crippen MR) is 64.1 cm³/mol. The number of rotatable bonds is 4. The van der Waals surface area contributed by atoms with Crippen molar-refractivity contribution >= 4 is 17.9 Å². The molecular weight excluding hydrogens is 266 g/mol. The molecule has 0 spiro atoms. The van der Waals surface area contributed by atoms with Gasteiger partial charge in [0.1, 0.15) is 6.54 Å². The van der Waals surface area contributed by atoms with Crippen LogP contribution in [-0.4, -0.2) is 56.0 Å². The highest BCUT2D eigenvalue weighted by Gasteiger charge is 2.35. The Labute approximate surface area is 113 Å². The van der Waals surface area contributed by atoms with E-state index in [4.69, 9.17) is 5.11 Å². The van der Waals surface area contributed by atoms with Crippen LogP contribution < -0.4 is 5.32 Å². The minimum atomic E-state index is -1.15. The van der Waals surface area contributed by atoms with Crippen molar-refractivity contribution < 1.29 is 19.5 Å². The van der Waals surface area contributed by atoms with Gasteiger partial charge in [0.25, 0.3) is 5.91 Å². The van der Waals surface area contributed by atoms with E-state index >= 15 is 0 Å². The maximum atomic E-state index is 12.0. The second-order valence-corrected chi connectivity index (χ2v) is 4.84. The molecule has 0 radical (unpaired) electrons. The number of amides is 3. The minimum Gasteiger partial charge on any atom is -0.476 e. The van der Waals surface area contributed by atoms with Crippen LogP contribution in [0.2, 0.25) is 0 Å². The van der Waals surface area contributed by atoms with Gasteiger partial charge in [-0.25, -0.2) is 14.3 Å². The lowest BCUT2D eigenvalue weighted by atomic mass is 10.2. The second kappa shape index (κ2) is 4.58. The van der Waals surface area contributed by atoms with Crippen molar-refractivity contribution in [1.82, 2.24) is 25.2 Å². The van der Waals surface area contributed by atoms with Gasteiger partial charge >= 0.3 is 12.0 Å². The predicted octanol–water partition coefficient (Wildman–Crippen LogP) is -0.595. The molecule has 2 heterocycles. The number of imide groups is 1. The van der Waals surface area contributed by atoms with Crippen LogP contribution in [0, 0.1) is 0 Å². The summed E-state index contributed by atoms with van der Waals surface area (Å²) >= 11 is 0. The number of aromatic nitrogens is 3. The smallest absolute Gasteiger partial charge is 0.358 e. The molecule has 3 rings (SSSR count). The molecule has 0 bridgehead atoms. The highest BCUT2D eigenvalue weighted by molar-refractivity contribution is 5.95. The topological polar surface area (TPSA) is 117 Å². The van der Waals surface area contributed by atoms with Crippen LogP contribution in [0.5, 0.6) is 0 Å². The number of carbonyl (C=O) groups is 3. The standard InChI is InChI=1S/C11H13N5O4/c17-7(15-4-3-12-11(15)20)5-16-9(6-1-2-6)8(10(18)19)13-14-16/h6H,1-5H2,(H,12,20)(H,18,19). The molecule has 1 aromatic heterocycles. The largest absolute Gasteiger partial charge is 0.476 e. The molecule has 9 nitrogen and oxygen atoms in total. The third-order valence-corrected chi connectivity index (χ3v) is 3.38. The summed E-state index contributed by atoms with van der Waals surface area (Å²) < 4.78 is 1.30. The Balaban J connectivity index is 1.82. The highest BCUT2D eigenvalue weighted by atomic mass is 16.4. The van der Waals surface area contributed by atoms with E-state index in [2.05, 4.69) is 15.6 Å². The summed E-state index contributed by atoms with van der Waals surface area (Å²) in [5.74, 6) is -1.47. The van der Waals surface area contributed by atoms with Crippen LogP contribution in [0.15, 0.2) is 0 Å². The second-order valence-electron chi connectivity index (χ2n) is 4.84. The van der Waals surface area contributed by atoms with Crippen molar-refractivity contribution in [3.63, 3.8) is 0 Å². The van der Waals surface area contributed by atoms with E-state index in [-0.39, 0.29) is 18.2 Å². The first-order chi connectivity index (χ1) is 9.58. The molecule has 106 valence electrons. The molecule has 1 aromatic rings. The fraction of sp³-hybridized carbons (Fsp3) is 0.545. The lowest BCUT2D eigenvalue weighted by molar-refractivity contribution is -0.128. The molecule has 9 heteroatoms. The maximum Gasteiger partial charge on any atom is 0.358 e. The molecule has 0 atom stereocenters. The molecule has 1 saturated heterocycles. The van der Waals surface area contributed by atoms with Gasteiger partial charge in [-0.15, -0.1) is 5.10 Å². The molecule has 20 heavy (non-hydrogen) atoms. The Morgan fingerprint density at radius 1 is 1.40 bits per heavy atom. The first-order valence-corrected chi connectivity index (χ1v) is 6.33. The van der Waals surface area contributed by atoms with Crippen LogP contribution in [-0.2, 0) is 11.3 Å². The fourth-order valence-electron chi connectivity index (χ4n) is 2.27. The first-order valence-electron chi connectivity index (χ1n) is 6.33. The number of hydrogen-bond acceptors (Lipinski definition) is 5. The van der Waals surface area contributed by atoms with E-state index in [9.17, 15) is 14.4 Å². The molecule has 2 N–H and O–H groups in total. The molecule has 0 unspecified atom stereocenters. The zero-order chi connectivity index (χ0) is 14.3. The molecule has 0 aromatic carbocycles. The molecule has 1 saturated carbocycles. The van der Waals surface area contributed by atoms with Gasteiger partial charge < -0.3 is 10.4 Å². The average Bonchev–Trinajstić information content (AvgIpc) is 3.00. The minimum absolute atomic E-state index is 0.0938. The van der Waals surface area contributed by atoms with E-state index in [1.165, 1.54) is 4.68 Å². The summed E-state index contributed by atoms with van der Waals surface area (Å²) in [7, 11) is 0. The van der Waals surface area contributed by atoms with Gasteiger partial charge in [0, 0.05) is 19.0 Å². The quantitative estimate of drug-likeness (QED) is 0.760. The fourth-order valence-corrected chi connectivity index (χ4v) is 2.27. The average molecular weight is 279 g/mol. The van der Waals surface area contributed by atoms with Crippen molar-refractivity contribution in [3.05, 3.63) is 11.4 Å². The number of carbonyl (C=O) groups excluding carboxylic acids is 2. The van der Waals surface area contributed by atoms with Crippen LogP contribution in [0.25, 0.3) is 0 Å². The summed E-state index contributed by atoms with van der Waals surface area (Å²) in [6.07, 6.45) is 1.73. The molecule has 2 aliphatic rings. The highest BCUT2D eigenvalue weighted by Crippen LogP contribution is 2.41. The van der Waals surface area contributed by atoms with Crippen LogP contribution in [0.4, 0.5) is 4.79 Å². The number of nitrogens with zero attached hydrogens (tertiary/aromatic N) is 4. The van der Waals surface area contributed by atoms with Gasteiger partial charge in [0.2, 0.25) is 0 Å². The van der Waals surface area contributed by atoms with E-state index in [1.807, 2.05) is 0 Å². The summed E-state index contributed by atoms with van der Waals surface area (Å²) in [6, 6.07) is -0.429. The molecule has 1 aliphatic heterocycles. The van der Waals surface area contributed by atoms with Crippen LogP contribution in [0.1, 0.15) is 34.9 Å². The number of nitrogens with one attached hydrogen (secondary N) is 1. The molecular formula is C11H13N5O4. The maximum absolute atomic E-state index is 12.0. The summed E-state index contributed by atoms with van der Waals surface area (Å²) in [5, 5.41) is 19.0. The van der Waals surface area contributed by atoms with Gasteiger partial charge in [-0.1, -0.05) is 5.21 Å². The van der Waals surface area contributed by atoms with Gasteiger partial charge in [-0.3, -0.25) is 9.69 Å². The molecule has 1 aliphatic carbocycles. The van der Waals surface area contributed by atoms with Crippen molar-refractivity contribution in [2.75, 3.05) is 13.1 Å². The van der Waals surface area contributed by atoms with Crippen molar-refractivity contribution in [2.24, 2.45) is 0 Å². The van der Waals surface area contributed by atoms with Crippen LogP contribution >= 0.6 is 0 Å². The van der Waals surface area contributed by atoms with Gasteiger partial charge in [-0.05, 0) is 12.8 Å². The van der Waals surface area contributed by atoms with E-state index < -0.39 is 17.9 Å². The number of urea groups is 1. The Bertz CT molecular complexity index is 592. The summed E-state index contributed by atoms with van der Waals surface area (Å²) in [5.41, 5.74) is 0.372. The third-order valence-electron chi connectivity index (χ3n) is 3.38. The van der Waals surface area contributed by atoms with E-state index in [1.54, 1.807) is 0 Å². The zero-order valence-electron chi connectivity index (χ0n) is 10.6. The first kappa shape index (κ1) is 12.6. The summed E-state index contributed by atoms with van der Waals surface area (Å²) in [6.45, 7) is 0.578. The van der Waals surface area contributed by atoms with E-state index in [0.29, 0.717) is 18.8 Å². The van der Waals surface area contributed by atoms with Crippen molar-refractivity contribution in [1.29, 1.82) is 0 Å². The molecule has 2 fully saturated rings. The SMILES string of the molecule is O=C(O)c1nnn(CC(=O)N2CCNC2=O)c1C1CC1. The lowest BCUT2D eigenvalue weighted by Gasteiger charge is -2.12. The van der Waals surface area contributed by atoms with Crippen molar-refractivity contribution in [3.8, 4) is 0 Å². The Morgan fingerprint density at radius 3 is 2.70 bits per heavy atom. The Morgan fingerprint density at radius 2 is 2.15 bits per heavy atom. The van der Waals surface area contributed by atoms with Gasteiger partial charge in [-0.2, -0.15) is 0 Å². The number of carboxylic acids is 1. The number of hydrogen-bond donors (Lipinski definition) is 2. The zero-order valence-corrected chi connectivity index (χ0v) is 10.6. The lowest BCUT2D eigenvalue weighted by Crippen LogP contribution is -2.37. The van der Waals surface area contributed by atoms with Gasteiger partial charge in [0.05, 0.1) is 5.69 Å². The summed E-state index contributed by atoms with van der Waals surface area (Å²) in [4.78, 5) is 35.6. The normalized spacial score (nSPS) is 18.2.